The van der Waals surface area contributed by atoms with E-state index in [0.29, 0.717) is 17.2 Å². The van der Waals surface area contributed by atoms with Crippen LogP contribution in [0.3, 0.4) is 0 Å². The molecule has 1 aliphatic heterocycles. The first kappa shape index (κ1) is 14.4. The first-order chi connectivity index (χ1) is 8.96. The van der Waals surface area contributed by atoms with E-state index in [1.807, 2.05) is 12.1 Å². The van der Waals surface area contributed by atoms with Gasteiger partial charge in [0, 0.05) is 6.04 Å². The highest BCUT2D eigenvalue weighted by Gasteiger charge is 2.25. The predicted molar refractivity (Wildman–Crippen MR) is 80.5 cm³/mol. The van der Waals surface area contributed by atoms with Gasteiger partial charge in [0.15, 0.2) is 0 Å². The third kappa shape index (κ3) is 4.24. The summed E-state index contributed by atoms with van der Waals surface area (Å²) in [5.74, 6) is 0.355. The summed E-state index contributed by atoms with van der Waals surface area (Å²) in [6.45, 7) is 9.54. The number of phenols is 1. The first-order valence-electron chi connectivity index (χ1n) is 7.48. The van der Waals surface area contributed by atoms with Crippen molar-refractivity contribution in [3.05, 3.63) is 29.8 Å². The Hall–Kier alpha value is -1.02. The van der Waals surface area contributed by atoms with Crippen LogP contribution in [0, 0.1) is 5.41 Å². The van der Waals surface area contributed by atoms with Gasteiger partial charge in [0.05, 0.1) is 0 Å². The number of hydrogen-bond acceptors (Lipinski definition) is 2. The summed E-state index contributed by atoms with van der Waals surface area (Å²) >= 11 is 0. The number of nitrogens with zero attached hydrogens (tertiary/aromatic N) is 1. The van der Waals surface area contributed by atoms with Gasteiger partial charge in [0.2, 0.25) is 0 Å². The van der Waals surface area contributed by atoms with Gasteiger partial charge in [0.25, 0.3) is 0 Å². The van der Waals surface area contributed by atoms with Crippen molar-refractivity contribution >= 4 is 0 Å². The SMILES string of the molecule is CC(Cc1ccc(O)cc1)N1CCCC(C)(C)CC1. The lowest BCUT2D eigenvalue weighted by Gasteiger charge is -2.28. The Kier molecular flexibility index (Phi) is 4.51. The van der Waals surface area contributed by atoms with Crippen molar-refractivity contribution < 1.29 is 5.11 Å². The molecular formula is C17H27NO. The molecule has 1 fully saturated rings. The molecule has 1 heterocycles. The zero-order valence-corrected chi connectivity index (χ0v) is 12.5. The van der Waals surface area contributed by atoms with E-state index in [2.05, 4.69) is 25.7 Å². The summed E-state index contributed by atoms with van der Waals surface area (Å²) in [6, 6.07) is 8.22. The molecule has 1 aromatic rings. The minimum atomic E-state index is 0.355. The third-order valence-electron chi connectivity index (χ3n) is 4.47. The number of phenolic OH excluding ortho intramolecular Hbond substituents is 1. The molecule has 0 spiro atoms. The molecule has 2 rings (SSSR count). The number of rotatable bonds is 3. The first-order valence-corrected chi connectivity index (χ1v) is 7.48. The van der Waals surface area contributed by atoms with Gasteiger partial charge in [-0.05, 0) is 68.8 Å². The van der Waals surface area contributed by atoms with Crippen LogP contribution in [0.1, 0.15) is 45.6 Å². The molecule has 1 atom stereocenters. The number of likely N-dealkylation sites (tertiary alicyclic amines) is 1. The summed E-state index contributed by atoms with van der Waals surface area (Å²) < 4.78 is 0. The molecule has 106 valence electrons. The molecule has 2 heteroatoms. The molecule has 1 unspecified atom stereocenters. The van der Waals surface area contributed by atoms with Crippen LogP contribution in [0.5, 0.6) is 5.75 Å². The van der Waals surface area contributed by atoms with E-state index in [9.17, 15) is 5.11 Å². The van der Waals surface area contributed by atoms with Crippen molar-refractivity contribution in [1.29, 1.82) is 0 Å². The van der Waals surface area contributed by atoms with Gasteiger partial charge < -0.3 is 10.0 Å². The van der Waals surface area contributed by atoms with Gasteiger partial charge in [-0.3, -0.25) is 0 Å². The standard InChI is InChI=1S/C17H27NO/c1-14(13-15-5-7-16(19)8-6-15)18-11-4-9-17(2,3)10-12-18/h5-8,14,19H,4,9-13H2,1-3H3. The molecule has 1 aliphatic rings. The van der Waals surface area contributed by atoms with E-state index < -0.39 is 0 Å². The summed E-state index contributed by atoms with van der Waals surface area (Å²) in [5, 5.41) is 9.32. The van der Waals surface area contributed by atoms with Gasteiger partial charge in [-0.2, -0.15) is 0 Å². The van der Waals surface area contributed by atoms with Crippen LogP contribution in [0.2, 0.25) is 0 Å². The zero-order valence-electron chi connectivity index (χ0n) is 12.5. The van der Waals surface area contributed by atoms with E-state index in [1.54, 1.807) is 12.1 Å². The predicted octanol–water partition coefficient (Wildman–Crippen LogP) is 3.84. The van der Waals surface area contributed by atoms with Crippen molar-refractivity contribution in [3.63, 3.8) is 0 Å². The zero-order chi connectivity index (χ0) is 13.9. The van der Waals surface area contributed by atoms with Crippen LogP contribution >= 0.6 is 0 Å². The molecule has 2 nitrogen and oxygen atoms in total. The number of hydrogen-bond donors (Lipinski definition) is 1. The second-order valence-electron chi connectivity index (χ2n) is 6.77. The van der Waals surface area contributed by atoms with Gasteiger partial charge in [0.1, 0.15) is 5.75 Å². The van der Waals surface area contributed by atoms with Gasteiger partial charge in [-0.15, -0.1) is 0 Å². The van der Waals surface area contributed by atoms with Crippen LogP contribution in [-0.2, 0) is 6.42 Å². The second kappa shape index (κ2) is 5.96. The molecule has 0 aromatic heterocycles. The topological polar surface area (TPSA) is 23.5 Å². The molecule has 1 saturated heterocycles. The van der Waals surface area contributed by atoms with Gasteiger partial charge in [-0.25, -0.2) is 0 Å². The van der Waals surface area contributed by atoms with Crippen LogP contribution in [0.25, 0.3) is 0 Å². The van der Waals surface area contributed by atoms with E-state index >= 15 is 0 Å². The summed E-state index contributed by atoms with van der Waals surface area (Å²) in [5.41, 5.74) is 1.82. The van der Waals surface area contributed by atoms with Gasteiger partial charge in [-0.1, -0.05) is 26.0 Å². The second-order valence-corrected chi connectivity index (χ2v) is 6.77. The average molecular weight is 261 g/mol. The Bertz CT molecular complexity index is 396. The Morgan fingerprint density at radius 2 is 1.84 bits per heavy atom. The van der Waals surface area contributed by atoms with Crippen molar-refractivity contribution in [3.8, 4) is 5.75 Å². The molecule has 1 N–H and O–H groups in total. The maximum absolute atomic E-state index is 9.32. The molecule has 0 bridgehead atoms. The minimum Gasteiger partial charge on any atom is -0.508 e. The summed E-state index contributed by atoms with van der Waals surface area (Å²) in [6.07, 6.45) is 5.02. The highest BCUT2D eigenvalue weighted by molar-refractivity contribution is 5.26. The fraction of sp³-hybridized carbons (Fsp3) is 0.647. The third-order valence-corrected chi connectivity index (χ3v) is 4.47. The fourth-order valence-electron chi connectivity index (χ4n) is 2.99. The lowest BCUT2D eigenvalue weighted by Crippen LogP contribution is -2.35. The highest BCUT2D eigenvalue weighted by atomic mass is 16.3. The minimum absolute atomic E-state index is 0.355. The molecule has 0 aliphatic carbocycles. The Morgan fingerprint density at radius 1 is 1.16 bits per heavy atom. The van der Waals surface area contributed by atoms with E-state index in [-0.39, 0.29) is 0 Å². The molecule has 19 heavy (non-hydrogen) atoms. The fourth-order valence-corrected chi connectivity index (χ4v) is 2.99. The van der Waals surface area contributed by atoms with E-state index in [0.717, 1.165) is 6.42 Å². The quantitative estimate of drug-likeness (QED) is 0.893. The maximum atomic E-state index is 9.32. The molecule has 0 saturated carbocycles. The average Bonchev–Trinajstić information content (AvgIpc) is 2.53. The van der Waals surface area contributed by atoms with Crippen LogP contribution in [0.15, 0.2) is 24.3 Å². The summed E-state index contributed by atoms with van der Waals surface area (Å²) in [4.78, 5) is 2.63. The molecule has 0 amide bonds. The van der Waals surface area contributed by atoms with Crippen molar-refractivity contribution in [2.45, 2.75) is 52.5 Å². The Balaban J connectivity index is 1.92. The van der Waals surface area contributed by atoms with Crippen molar-refractivity contribution in [2.75, 3.05) is 13.1 Å². The lowest BCUT2D eigenvalue weighted by molar-refractivity contribution is 0.205. The maximum Gasteiger partial charge on any atom is 0.115 e. The monoisotopic (exact) mass is 261 g/mol. The molecule has 1 aromatic carbocycles. The highest BCUT2D eigenvalue weighted by Crippen LogP contribution is 2.30. The lowest BCUT2D eigenvalue weighted by atomic mass is 9.85. The smallest absolute Gasteiger partial charge is 0.115 e. The van der Waals surface area contributed by atoms with Crippen molar-refractivity contribution in [2.24, 2.45) is 5.41 Å². The van der Waals surface area contributed by atoms with Crippen LogP contribution in [-0.4, -0.2) is 29.1 Å². The van der Waals surface area contributed by atoms with E-state index in [1.165, 1.54) is 37.9 Å². The van der Waals surface area contributed by atoms with Crippen molar-refractivity contribution in [1.82, 2.24) is 4.90 Å². The van der Waals surface area contributed by atoms with Crippen LogP contribution < -0.4 is 0 Å². The van der Waals surface area contributed by atoms with Crippen LogP contribution in [0.4, 0.5) is 0 Å². The number of aromatic hydroxyl groups is 1. The summed E-state index contributed by atoms with van der Waals surface area (Å²) in [7, 11) is 0. The largest absolute Gasteiger partial charge is 0.508 e. The van der Waals surface area contributed by atoms with E-state index in [4.69, 9.17) is 0 Å². The molecule has 0 radical (unpaired) electrons. The Labute approximate surface area is 117 Å². The molecular weight excluding hydrogens is 234 g/mol. The van der Waals surface area contributed by atoms with Gasteiger partial charge >= 0.3 is 0 Å². The number of benzene rings is 1. The normalized spacial score (nSPS) is 21.8. The Morgan fingerprint density at radius 3 is 2.53 bits per heavy atom.